The van der Waals surface area contributed by atoms with Gasteiger partial charge in [0, 0.05) is 13.1 Å². The van der Waals surface area contributed by atoms with Gasteiger partial charge in [-0.3, -0.25) is 0 Å². The Balaban J connectivity index is 1.89. The maximum absolute atomic E-state index is 9.66. The van der Waals surface area contributed by atoms with E-state index in [0.717, 1.165) is 45.2 Å². The van der Waals surface area contributed by atoms with Crippen LogP contribution < -0.4 is 10.6 Å². The minimum absolute atomic E-state index is 0.167. The molecule has 1 fully saturated rings. The molecule has 6 nitrogen and oxygen atoms in total. The molecule has 3 N–H and O–H groups in total. The Morgan fingerprint density at radius 1 is 1.20 bits per heavy atom. The molecule has 0 aromatic carbocycles. The SMILES string of the molecule is CCCNc1nc(Cl)nc(NCC2CCCC(O)C2)n1. The highest BCUT2D eigenvalue weighted by atomic mass is 35.5. The van der Waals surface area contributed by atoms with E-state index in [1.807, 2.05) is 0 Å². The fourth-order valence-corrected chi connectivity index (χ4v) is 2.59. The van der Waals surface area contributed by atoms with Crippen molar-refractivity contribution in [3.63, 3.8) is 0 Å². The van der Waals surface area contributed by atoms with Crippen LogP contribution >= 0.6 is 11.6 Å². The molecule has 2 unspecified atom stereocenters. The second-order valence-corrected chi connectivity index (χ2v) is 5.58. The summed E-state index contributed by atoms with van der Waals surface area (Å²) < 4.78 is 0. The quantitative estimate of drug-likeness (QED) is 0.748. The molecule has 1 aliphatic rings. The van der Waals surface area contributed by atoms with E-state index in [-0.39, 0.29) is 11.4 Å². The Bertz CT molecular complexity index is 431. The van der Waals surface area contributed by atoms with Crippen molar-refractivity contribution in [1.82, 2.24) is 15.0 Å². The zero-order valence-corrected chi connectivity index (χ0v) is 12.5. The van der Waals surface area contributed by atoms with Crippen molar-refractivity contribution in [2.24, 2.45) is 5.92 Å². The van der Waals surface area contributed by atoms with Crippen LogP contribution in [0, 0.1) is 5.92 Å². The van der Waals surface area contributed by atoms with Crippen molar-refractivity contribution < 1.29 is 5.11 Å². The van der Waals surface area contributed by atoms with E-state index in [9.17, 15) is 5.11 Å². The second-order valence-electron chi connectivity index (χ2n) is 5.25. The number of aliphatic hydroxyl groups is 1. The van der Waals surface area contributed by atoms with E-state index in [4.69, 9.17) is 11.6 Å². The summed E-state index contributed by atoms with van der Waals surface area (Å²) in [5, 5.41) is 16.1. The van der Waals surface area contributed by atoms with E-state index in [1.165, 1.54) is 0 Å². The highest BCUT2D eigenvalue weighted by molar-refractivity contribution is 6.28. The van der Waals surface area contributed by atoms with Crippen molar-refractivity contribution in [1.29, 1.82) is 0 Å². The number of nitrogens with one attached hydrogen (secondary N) is 2. The first-order chi connectivity index (χ1) is 9.67. The summed E-state index contributed by atoms with van der Waals surface area (Å²) in [6, 6.07) is 0. The summed E-state index contributed by atoms with van der Waals surface area (Å²) >= 11 is 5.89. The summed E-state index contributed by atoms with van der Waals surface area (Å²) in [5.41, 5.74) is 0. The summed E-state index contributed by atoms with van der Waals surface area (Å²) in [6.07, 6.45) is 4.79. The van der Waals surface area contributed by atoms with Gasteiger partial charge in [0.2, 0.25) is 17.2 Å². The maximum Gasteiger partial charge on any atom is 0.228 e. The molecule has 1 aromatic heterocycles. The van der Waals surface area contributed by atoms with Gasteiger partial charge in [0.15, 0.2) is 0 Å². The van der Waals surface area contributed by atoms with Crippen molar-refractivity contribution in [3.05, 3.63) is 5.28 Å². The van der Waals surface area contributed by atoms with Crippen LogP contribution in [0.5, 0.6) is 0 Å². The number of rotatable bonds is 6. The van der Waals surface area contributed by atoms with Crippen LogP contribution in [0.2, 0.25) is 5.28 Å². The normalized spacial score (nSPS) is 22.6. The molecular weight excluding hydrogens is 278 g/mol. The smallest absolute Gasteiger partial charge is 0.228 e. The third-order valence-corrected chi connectivity index (χ3v) is 3.61. The van der Waals surface area contributed by atoms with E-state index in [0.29, 0.717) is 17.8 Å². The molecule has 7 heteroatoms. The molecule has 0 amide bonds. The number of hydrogen-bond acceptors (Lipinski definition) is 6. The average Bonchev–Trinajstić information content (AvgIpc) is 2.42. The number of anilines is 2. The van der Waals surface area contributed by atoms with Crippen LogP contribution in [0.1, 0.15) is 39.0 Å². The van der Waals surface area contributed by atoms with Crippen molar-refractivity contribution in [2.45, 2.75) is 45.1 Å². The Kier molecular flexibility index (Phi) is 5.79. The third-order valence-electron chi connectivity index (χ3n) is 3.45. The van der Waals surface area contributed by atoms with Crippen LogP contribution in [0.3, 0.4) is 0 Å². The average molecular weight is 300 g/mol. The maximum atomic E-state index is 9.66. The lowest BCUT2D eigenvalue weighted by Gasteiger charge is -2.25. The number of hydrogen-bond donors (Lipinski definition) is 3. The predicted octanol–water partition coefficient (Wildman–Crippen LogP) is 2.31. The lowest BCUT2D eigenvalue weighted by atomic mass is 9.87. The monoisotopic (exact) mass is 299 g/mol. The largest absolute Gasteiger partial charge is 0.393 e. The standard InChI is InChI=1S/C13H22ClN5O/c1-2-6-15-12-17-11(14)18-13(19-12)16-8-9-4-3-5-10(20)7-9/h9-10,20H,2-8H2,1H3,(H2,15,16,17,18,19). The zero-order chi connectivity index (χ0) is 14.4. The van der Waals surface area contributed by atoms with Gasteiger partial charge in [-0.1, -0.05) is 13.3 Å². The molecule has 1 heterocycles. The Morgan fingerprint density at radius 2 is 1.95 bits per heavy atom. The van der Waals surface area contributed by atoms with Crippen molar-refractivity contribution in [3.8, 4) is 0 Å². The second kappa shape index (κ2) is 7.59. The van der Waals surface area contributed by atoms with Gasteiger partial charge in [-0.15, -0.1) is 0 Å². The fourth-order valence-electron chi connectivity index (χ4n) is 2.43. The van der Waals surface area contributed by atoms with Gasteiger partial charge in [0.05, 0.1) is 6.10 Å². The third kappa shape index (κ3) is 4.76. The topological polar surface area (TPSA) is 83.0 Å². The number of nitrogens with zero attached hydrogens (tertiary/aromatic N) is 3. The highest BCUT2D eigenvalue weighted by Gasteiger charge is 2.20. The van der Waals surface area contributed by atoms with Crippen LogP contribution in [0.4, 0.5) is 11.9 Å². The van der Waals surface area contributed by atoms with E-state index in [2.05, 4.69) is 32.5 Å². The van der Waals surface area contributed by atoms with E-state index >= 15 is 0 Å². The zero-order valence-electron chi connectivity index (χ0n) is 11.8. The summed E-state index contributed by atoms with van der Waals surface area (Å²) in [5.74, 6) is 1.45. The van der Waals surface area contributed by atoms with Crippen LogP contribution in [0.15, 0.2) is 0 Å². The molecule has 1 aromatic rings. The first-order valence-electron chi connectivity index (χ1n) is 7.24. The van der Waals surface area contributed by atoms with Gasteiger partial charge in [-0.2, -0.15) is 15.0 Å². The lowest BCUT2D eigenvalue weighted by Crippen LogP contribution is -2.25. The molecule has 1 aliphatic carbocycles. The van der Waals surface area contributed by atoms with Crippen molar-refractivity contribution >= 4 is 23.5 Å². The van der Waals surface area contributed by atoms with Gasteiger partial charge >= 0.3 is 0 Å². The van der Waals surface area contributed by atoms with Gasteiger partial charge < -0.3 is 15.7 Å². The van der Waals surface area contributed by atoms with Crippen LogP contribution in [0.25, 0.3) is 0 Å². The Hall–Kier alpha value is -1.14. The molecule has 2 rings (SSSR count). The molecule has 0 spiro atoms. The Morgan fingerprint density at radius 3 is 2.65 bits per heavy atom. The molecule has 1 saturated carbocycles. The molecule has 0 bridgehead atoms. The molecule has 20 heavy (non-hydrogen) atoms. The van der Waals surface area contributed by atoms with Gasteiger partial charge in [-0.05, 0) is 43.2 Å². The van der Waals surface area contributed by atoms with E-state index in [1.54, 1.807) is 0 Å². The molecule has 2 atom stereocenters. The molecule has 112 valence electrons. The first-order valence-corrected chi connectivity index (χ1v) is 7.62. The summed E-state index contributed by atoms with van der Waals surface area (Å²) in [7, 11) is 0. The molecular formula is C13H22ClN5O. The minimum Gasteiger partial charge on any atom is -0.393 e. The lowest BCUT2D eigenvalue weighted by molar-refractivity contribution is 0.104. The number of halogens is 1. The van der Waals surface area contributed by atoms with Gasteiger partial charge in [0.25, 0.3) is 0 Å². The van der Waals surface area contributed by atoms with Gasteiger partial charge in [0.1, 0.15) is 0 Å². The van der Waals surface area contributed by atoms with Crippen LogP contribution in [-0.4, -0.2) is 39.3 Å². The molecule has 0 aliphatic heterocycles. The molecule has 0 saturated heterocycles. The van der Waals surface area contributed by atoms with E-state index < -0.39 is 0 Å². The number of aliphatic hydroxyl groups excluding tert-OH is 1. The van der Waals surface area contributed by atoms with Gasteiger partial charge in [-0.25, -0.2) is 0 Å². The Labute approximate surface area is 124 Å². The van der Waals surface area contributed by atoms with Crippen LogP contribution in [-0.2, 0) is 0 Å². The first kappa shape index (κ1) is 15.3. The number of aromatic nitrogens is 3. The van der Waals surface area contributed by atoms with Crippen molar-refractivity contribution in [2.75, 3.05) is 23.7 Å². The fraction of sp³-hybridized carbons (Fsp3) is 0.769. The highest BCUT2D eigenvalue weighted by Crippen LogP contribution is 2.24. The molecule has 0 radical (unpaired) electrons. The predicted molar refractivity (Wildman–Crippen MR) is 80.1 cm³/mol. The summed E-state index contributed by atoms with van der Waals surface area (Å²) in [4.78, 5) is 12.4. The minimum atomic E-state index is -0.167. The summed E-state index contributed by atoms with van der Waals surface area (Å²) in [6.45, 7) is 3.63.